The molecule has 20 heavy (non-hydrogen) atoms. The van der Waals surface area contributed by atoms with Gasteiger partial charge in [0.25, 0.3) is 5.91 Å². The molecule has 0 saturated heterocycles. The van der Waals surface area contributed by atoms with E-state index >= 15 is 0 Å². The number of aromatic nitrogens is 2. The van der Waals surface area contributed by atoms with Gasteiger partial charge in [0.2, 0.25) is 0 Å². The number of amides is 1. The van der Waals surface area contributed by atoms with E-state index in [0.717, 1.165) is 11.5 Å². The molecule has 0 aliphatic carbocycles. The Bertz CT molecular complexity index is 654. The maximum absolute atomic E-state index is 11.7. The summed E-state index contributed by atoms with van der Waals surface area (Å²) in [6, 6.07) is 4.79. The van der Waals surface area contributed by atoms with Gasteiger partial charge >= 0.3 is 0 Å². The van der Waals surface area contributed by atoms with Crippen molar-refractivity contribution in [2.24, 2.45) is 5.10 Å². The zero-order valence-electron chi connectivity index (χ0n) is 10.8. The van der Waals surface area contributed by atoms with Crippen molar-refractivity contribution < 1.29 is 14.6 Å². The SMILES string of the molecule is COc1ccc(/C=N/NC(=O)c2snnc2C)cc1O. The monoisotopic (exact) mass is 292 g/mol. The third kappa shape index (κ3) is 3.09. The Labute approximate surface area is 119 Å². The molecule has 7 nitrogen and oxygen atoms in total. The Morgan fingerprint density at radius 3 is 2.95 bits per heavy atom. The molecule has 0 atom stereocenters. The van der Waals surface area contributed by atoms with E-state index in [1.807, 2.05) is 0 Å². The van der Waals surface area contributed by atoms with Crippen LogP contribution in [0.15, 0.2) is 23.3 Å². The van der Waals surface area contributed by atoms with Crippen LogP contribution in [0, 0.1) is 6.92 Å². The maximum atomic E-state index is 11.7. The van der Waals surface area contributed by atoms with Gasteiger partial charge in [-0.25, -0.2) is 5.43 Å². The number of hydrogen-bond acceptors (Lipinski definition) is 7. The summed E-state index contributed by atoms with van der Waals surface area (Å²) in [5.74, 6) is 0.00862. The number of aryl methyl sites for hydroxylation is 1. The molecule has 2 rings (SSSR count). The van der Waals surface area contributed by atoms with Crippen LogP contribution in [0.1, 0.15) is 20.9 Å². The number of aromatic hydroxyl groups is 1. The third-order valence-electron chi connectivity index (χ3n) is 2.44. The second kappa shape index (κ2) is 6.11. The molecule has 1 heterocycles. The van der Waals surface area contributed by atoms with Gasteiger partial charge in [0, 0.05) is 0 Å². The Morgan fingerprint density at radius 2 is 2.35 bits per heavy atom. The summed E-state index contributed by atoms with van der Waals surface area (Å²) in [6.07, 6.45) is 1.42. The van der Waals surface area contributed by atoms with E-state index in [2.05, 4.69) is 20.1 Å². The molecule has 2 N–H and O–H groups in total. The van der Waals surface area contributed by atoms with E-state index in [0.29, 0.717) is 21.9 Å². The number of phenolic OH excluding ortho intramolecular Hbond substituents is 1. The number of nitrogens with one attached hydrogen (secondary N) is 1. The van der Waals surface area contributed by atoms with Gasteiger partial charge in [-0.2, -0.15) is 5.10 Å². The predicted octanol–water partition coefficient (Wildman–Crippen LogP) is 1.32. The van der Waals surface area contributed by atoms with Gasteiger partial charge in [-0.3, -0.25) is 4.79 Å². The molecule has 0 unspecified atom stereocenters. The molecule has 1 amide bonds. The van der Waals surface area contributed by atoms with Gasteiger partial charge in [-0.15, -0.1) is 5.10 Å². The molecular weight excluding hydrogens is 280 g/mol. The summed E-state index contributed by atoms with van der Waals surface area (Å²) >= 11 is 1.01. The fraction of sp³-hybridized carbons (Fsp3) is 0.167. The van der Waals surface area contributed by atoms with Crippen molar-refractivity contribution >= 4 is 23.7 Å². The van der Waals surface area contributed by atoms with Crippen LogP contribution < -0.4 is 10.2 Å². The molecule has 1 aromatic carbocycles. The molecule has 104 valence electrons. The van der Waals surface area contributed by atoms with Crippen molar-refractivity contribution in [1.82, 2.24) is 15.0 Å². The van der Waals surface area contributed by atoms with Crippen molar-refractivity contribution in [3.8, 4) is 11.5 Å². The highest BCUT2D eigenvalue weighted by Crippen LogP contribution is 2.25. The number of phenols is 1. The van der Waals surface area contributed by atoms with E-state index in [1.54, 1.807) is 19.1 Å². The zero-order chi connectivity index (χ0) is 14.5. The van der Waals surface area contributed by atoms with Crippen molar-refractivity contribution in [2.45, 2.75) is 6.92 Å². The normalized spacial score (nSPS) is 10.7. The first-order chi connectivity index (χ1) is 9.61. The average molecular weight is 292 g/mol. The van der Waals surface area contributed by atoms with Crippen LogP contribution >= 0.6 is 11.5 Å². The Kier molecular flexibility index (Phi) is 4.26. The summed E-state index contributed by atoms with van der Waals surface area (Å²) < 4.78 is 8.60. The molecule has 8 heteroatoms. The van der Waals surface area contributed by atoms with E-state index in [1.165, 1.54) is 19.4 Å². The standard InChI is InChI=1S/C12H12N4O3S/c1-7-11(20-16-14-7)12(18)15-13-6-8-3-4-10(19-2)9(17)5-8/h3-6,17H,1-2H3,(H,15,18)/b13-6+. The van der Waals surface area contributed by atoms with Gasteiger partial charge < -0.3 is 9.84 Å². The maximum Gasteiger partial charge on any atom is 0.285 e. The van der Waals surface area contributed by atoms with E-state index in [-0.39, 0.29) is 11.7 Å². The minimum atomic E-state index is -0.369. The smallest absolute Gasteiger partial charge is 0.285 e. The van der Waals surface area contributed by atoms with Crippen molar-refractivity contribution in [3.63, 3.8) is 0 Å². The zero-order valence-corrected chi connectivity index (χ0v) is 11.6. The minimum absolute atomic E-state index is 0.00489. The molecule has 2 aromatic rings. The van der Waals surface area contributed by atoms with Crippen molar-refractivity contribution in [2.75, 3.05) is 7.11 Å². The fourth-order valence-corrected chi connectivity index (χ4v) is 1.99. The molecule has 0 fully saturated rings. The van der Waals surface area contributed by atoms with Crippen LogP contribution in [0.25, 0.3) is 0 Å². The lowest BCUT2D eigenvalue weighted by Gasteiger charge is -2.03. The average Bonchev–Trinajstić information content (AvgIpc) is 2.85. The summed E-state index contributed by atoms with van der Waals surface area (Å²) in [5, 5.41) is 17.2. The first-order valence-electron chi connectivity index (χ1n) is 5.61. The molecule has 0 aliphatic rings. The highest BCUT2D eigenvalue weighted by molar-refractivity contribution is 7.07. The topological polar surface area (TPSA) is 96.7 Å². The summed E-state index contributed by atoms with van der Waals surface area (Å²) in [4.78, 5) is 12.1. The number of carbonyl (C=O) groups is 1. The van der Waals surface area contributed by atoms with E-state index in [9.17, 15) is 9.90 Å². The second-order valence-electron chi connectivity index (χ2n) is 3.82. The predicted molar refractivity (Wildman–Crippen MR) is 74.4 cm³/mol. The number of benzene rings is 1. The quantitative estimate of drug-likeness (QED) is 0.654. The van der Waals surface area contributed by atoms with Gasteiger partial charge in [-0.05, 0) is 42.2 Å². The summed E-state index contributed by atoms with van der Waals surface area (Å²) in [6.45, 7) is 1.70. The number of hydrazone groups is 1. The molecular formula is C12H12N4O3S. The first-order valence-corrected chi connectivity index (χ1v) is 6.38. The number of rotatable bonds is 4. The number of hydrogen-bond donors (Lipinski definition) is 2. The minimum Gasteiger partial charge on any atom is -0.504 e. The van der Waals surface area contributed by atoms with E-state index in [4.69, 9.17) is 4.74 Å². The lowest BCUT2D eigenvalue weighted by atomic mass is 10.2. The number of methoxy groups -OCH3 is 1. The summed E-state index contributed by atoms with van der Waals surface area (Å²) in [5.41, 5.74) is 3.56. The van der Waals surface area contributed by atoms with Gasteiger partial charge in [0.1, 0.15) is 4.88 Å². The molecule has 0 bridgehead atoms. The molecule has 0 aliphatic heterocycles. The van der Waals surface area contributed by atoms with Crippen LogP contribution in [0.3, 0.4) is 0 Å². The Hall–Kier alpha value is -2.48. The fourth-order valence-electron chi connectivity index (χ4n) is 1.44. The van der Waals surface area contributed by atoms with Gasteiger partial charge in [0.05, 0.1) is 19.0 Å². The van der Waals surface area contributed by atoms with Crippen LogP contribution in [0.2, 0.25) is 0 Å². The van der Waals surface area contributed by atoms with Gasteiger partial charge in [0.15, 0.2) is 11.5 Å². The highest BCUT2D eigenvalue weighted by atomic mass is 32.1. The molecule has 0 saturated carbocycles. The second-order valence-corrected chi connectivity index (χ2v) is 4.57. The highest BCUT2D eigenvalue weighted by Gasteiger charge is 2.11. The molecule has 0 spiro atoms. The lowest BCUT2D eigenvalue weighted by molar-refractivity contribution is 0.0958. The van der Waals surface area contributed by atoms with Crippen LogP contribution in [0.5, 0.6) is 11.5 Å². The third-order valence-corrected chi connectivity index (χ3v) is 3.27. The molecule has 0 radical (unpaired) electrons. The van der Waals surface area contributed by atoms with Crippen LogP contribution in [-0.4, -0.2) is 33.9 Å². The Morgan fingerprint density at radius 1 is 1.55 bits per heavy atom. The van der Waals surface area contributed by atoms with E-state index < -0.39 is 0 Å². The van der Waals surface area contributed by atoms with Gasteiger partial charge in [-0.1, -0.05) is 4.49 Å². The largest absolute Gasteiger partial charge is 0.504 e. The summed E-state index contributed by atoms with van der Waals surface area (Å²) in [7, 11) is 1.47. The lowest BCUT2D eigenvalue weighted by Crippen LogP contribution is -2.17. The van der Waals surface area contributed by atoms with Crippen LogP contribution in [-0.2, 0) is 0 Å². The Balaban J connectivity index is 2.02. The number of ether oxygens (including phenoxy) is 1. The number of carbonyl (C=O) groups excluding carboxylic acids is 1. The van der Waals surface area contributed by atoms with Crippen molar-refractivity contribution in [3.05, 3.63) is 34.3 Å². The van der Waals surface area contributed by atoms with Crippen LogP contribution in [0.4, 0.5) is 0 Å². The number of nitrogens with zero attached hydrogens (tertiary/aromatic N) is 3. The molecule has 1 aromatic heterocycles. The van der Waals surface area contributed by atoms with Crippen molar-refractivity contribution in [1.29, 1.82) is 0 Å². The first kappa shape index (κ1) is 13.9.